The maximum atomic E-state index is 5.51. The Morgan fingerprint density at radius 2 is 1.79 bits per heavy atom. The molecule has 0 aliphatic heterocycles. The lowest BCUT2D eigenvalue weighted by molar-refractivity contribution is 0.395. The number of nitrogens with one attached hydrogen (secondary N) is 1. The van der Waals surface area contributed by atoms with Crippen LogP contribution in [0.5, 0.6) is 11.5 Å². The number of aryl methyl sites for hydroxylation is 2. The van der Waals surface area contributed by atoms with E-state index in [1.807, 2.05) is 12.1 Å². The van der Waals surface area contributed by atoms with E-state index in [9.17, 15) is 0 Å². The molecule has 1 aromatic heterocycles. The second-order valence-electron chi connectivity index (χ2n) is 4.65. The van der Waals surface area contributed by atoms with Gasteiger partial charge in [0.2, 0.25) is 0 Å². The normalized spacial score (nSPS) is 10.6. The van der Waals surface area contributed by atoms with Crippen LogP contribution in [0.3, 0.4) is 0 Å². The molecule has 2 aromatic rings. The van der Waals surface area contributed by atoms with Crippen molar-refractivity contribution < 1.29 is 9.47 Å². The third-order valence-electron chi connectivity index (χ3n) is 3.54. The van der Waals surface area contributed by atoms with Crippen molar-refractivity contribution in [3.63, 3.8) is 0 Å². The molecule has 0 saturated carbocycles. The first-order chi connectivity index (χ1) is 9.12. The van der Waals surface area contributed by atoms with E-state index >= 15 is 0 Å². The summed E-state index contributed by atoms with van der Waals surface area (Å²) in [7, 11) is 3.36. The van der Waals surface area contributed by atoms with E-state index in [1.54, 1.807) is 14.2 Å². The molecule has 0 radical (unpaired) electrons. The number of aromatic nitrogens is 1. The fourth-order valence-electron chi connectivity index (χ4n) is 2.64. The molecule has 3 heteroatoms. The molecule has 2 rings (SSSR count). The van der Waals surface area contributed by atoms with Crippen LogP contribution in [0.4, 0.5) is 0 Å². The Morgan fingerprint density at radius 1 is 1.05 bits per heavy atom. The Kier molecular flexibility index (Phi) is 3.84. The summed E-state index contributed by atoms with van der Waals surface area (Å²) < 4.78 is 10.8. The number of rotatable bonds is 4. The molecule has 0 aliphatic carbocycles. The minimum atomic E-state index is 0.809. The van der Waals surface area contributed by atoms with Crippen molar-refractivity contribution >= 4 is 0 Å². The number of aromatic amines is 1. The number of H-pyrrole nitrogens is 1. The van der Waals surface area contributed by atoms with E-state index < -0.39 is 0 Å². The monoisotopic (exact) mass is 259 g/mol. The van der Waals surface area contributed by atoms with E-state index in [4.69, 9.17) is 9.47 Å². The number of benzene rings is 1. The summed E-state index contributed by atoms with van der Waals surface area (Å²) in [6, 6.07) is 5.96. The third kappa shape index (κ3) is 2.33. The van der Waals surface area contributed by atoms with Gasteiger partial charge in [-0.2, -0.15) is 0 Å². The van der Waals surface area contributed by atoms with Crippen molar-refractivity contribution in [3.05, 3.63) is 35.2 Å². The van der Waals surface area contributed by atoms with Gasteiger partial charge in [0, 0.05) is 28.6 Å². The summed E-state index contributed by atoms with van der Waals surface area (Å²) in [4.78, 5) is 3.42. The second kappa shape index (κ2) is 5.39. The zero-order valence-electron chi connectivity index (χ0n) is 12.3. The van der Waals surface area contributed by atoms with Gasteiger partial charge in [-0.15, -0.1) is 0 Å². The zero-order chi connectivity index (χ0) is 14.0. The lowest BCUT2D eigenvalue weighted by Gasteiger charge is -2.12. The van der Waals surface area contributed by atoms with Crippen molar-refractivity contribution in [2.45, 2.75) is 27.2 Å². The van der Waals surface area contributed by atoms with Crippen LogP contribution >= 0.6 is 0 Å². The lowest BCUT2D eigenvalue weighted by atomic mass is 9.98. The third-order valence-corrected chi connectivity index (χ3v) is 3.54. The first-order valence-corrected chi connectivity index (χ1v) is 6.52. The van der Waals surface area contributed by atoms with Gasteiger partial charge in [0.1, 0.15) is 11.5 Å². The minimum Gasteiger partial charge on any atom is -0.497 e. The van der Waals surface area contributed by atoms with Gasteiger partial charge in [0.15, 0.2) is 0 Å². The Balaban J connectivity index is 2.64. The molecule has 3 nitrogen and oxygen atoms in total. The number of hydrogen-bond acceptors (Lipinski definition) is 2. The van der Waals surface area contributed by atoms with Gasteiger partial charge in [-0.25, -0.2) is 0 Å². The number of ether oxygens (including phenoxy) is 2. The van der Waals surface area contributed by atoms with Crippen molar-refractivity contribution in [1.82, 2.24) is 4.98 Å². The maximum Gasteiger partial charge on any atom is 0.130 e. The summed E-state index contributed by atoms with van der Waals surface area (Å²) in [5.41, 5.74) is 6.12. The van der Waals surface area contributed by atoms with Gasteiger partial charge in [-0.1, -0.05) is 6.92 Å². The van der Waals surface area contributed by atoms with Gasteiger partial charge in [0.25, 0.3) is 0 Å². The molecule has 1 heterocycles. The molecule has 0 amide bonds. The van der Waals surface area contributed by atoms with Crippen LogP contribution in [0.15, 0.2) is 18.2 Å². The molecule has 0 spiro atoms. The van der Waals surface area contributed by atoms with Gasteiger partial charge in [0.05, 0.1) is 14.2 Å². The van der Waals surface area contributed by atoms with Crippen molar-refractivity contribution in [2.24, 2.45) is 0 Å². The van der Waals surface area contributed by atoms with E-state index in [0.717, 1.165) is 23.5 Å². The molecular weight excluding hydrogens is 238 g/mol. The van der Waals surface area contributed by atoms with Gasteiger partial charge >= 0.3 is 0 Å². The fourth-order valence-corrected chi connectivity index (χ4v) is 2.64. The fraction of sp³-hybridized carbons (Fsp3) is 0.375. The molecule has 1 aromatic carbocycles. The van der Waals surface area contributed by atoms with E-state index in [1.165, 1.54) is 22.5 Å². The predicted molar refractivity (Wildman–Crippen MR) is 78.2 cm³/mol. The highest BCUT2D eigenvalue weighted by Gasteiger charge is 2.16. The van der Waals surface area contributed by atoms with E-state index in [2.05, 4.69) is 31.8 Å². The highest BCUT2D eigenvalue weighted by Crippen LogP contribution is 2.38. The molecule has 102 valence electrons. The molecular formula is C16H21NO2. The van der Waals surface area contributed by atoms with Crippen molar-refractivity contribution in [1.29, 1.82) is 0 Å². The molecule has 0 atom stereocenters. The second-order valence-corrected chi connectivity index (χ2v) is 4.65. The van der Waals surface area contributed by atoms with Crippen LogP contribution in [0.1, 0.15) is 23.9 Å². The summed E-state index contributed by atoms with van der Waals surface area (Å²) in [6.07, 6.45) is 1.00. The van der Waals surface area contributed by atoms with E-state index in [-0.39, 0.29) is 0 Å². The zero-order valence-corrected chi connectivity index (χ0v) is 12.3. The van der Waals surface area contributed by atoms with Crippen LogP contribution in [-0.4, -0.2) is 19.2 Å². The first-order valence-electron chi connectivity index (χ1n) is 6.52. The number of methoxy groups -OCH3 is 2. The first kappa shape index (κ1) is 13.5. The van der Waals surface area contributed by atoms with Crippen molar-refractivity contribution in [2.75, 3.05) is 14.2 Å². The highest BCUT2D eigenvalue weighted by atomic mass is 16.5. The molecule has 0 aliphatic rings. The van der Waals surface area contributed by atoms with Crippen molar-refractivity contribution in [3.8, 4) is 22.6 Å². The van der Waals surface area contributed by atoms with Crippen LogP contribution < -0.4 is 9.47 Å². The molecule has 0 unspecified atom stereocenters. The number of hydrogen-bond donors (Lipinski definition) is 1. The van der Waals surface area contributed by atoms with Gasteiger partial charge in [-0.3, -0.25) is 0 Å². The Labute approximate surface area is 114 Å². The average Bonchev–Trinajstić information content (AvgIpc) is 2.71. The smallest absolute Gasteiger partial charge is 0.130 e. The molecule has 0 bridgehead atoms. The standard InChI is InChI=1S/C16H21NO2/c1-6-13-10(2)17-11(3)16(13)14-8-7-12(18-4)9-15(14)19-5/h7-9,17H,6H2,1-5H3. The molecule has 0 saturated heterocycles. The summed E-state index contributed by atoms with van der Waals surface area (Å²) in [5, 5.41) is 0. The molecule has 1 N–H and O–H groups in total. The summed E-state index contributed by atoms with van der Waals surface area (Å²) >= 11 is 0. The maximum absolute atomic E-state index is 5.51. The lowest BCUT2D eigenvalue weighted by Crippen LogP contribution is -1.93. The van der Waals surface area contributed by atoms with E-state index in [0.29, 0.717) is 0 Å². The Bertz CT molecular complexity index is 585. The van der Waals surface area contributed by atoms with Crippen LogP contribution in [-0.2, 0) is 6.42 Å². The summed E-state index contributed by atoms with van der Waals surface area (Å²) in [5.74, 6) is 1.65. The quantitative estimate of drug-likeness (QED) is 0.904. The van der Waals surface area contributed by atoms with Gasteiger partial charge in [-0.05, 0) is 38.0 Å². The molecule has 19 heavy (non-hydrogen) atoms. The van der Waals surface area contributed by atoms with Crippen LogP contribution in [0.25, 0.3) is 11.1 Å². The Morgan fingerprint density at radius 3 is 2.37 bits per heavy atom. The van der Waals surface area contributed by atoms with Crippen LogP contribution in [0.2, 0.25) is 0 Å². The Hall–Kier alpha value is -1.90. The summed E-state index contributed by atoms with van der Waals surface area (Å²) in [6.45, 7) is 6.39. The topological polar surface area (TPSA) is 34.2 Å². The largest absolute Gasteiger partial charge is 0.497 e. The predicted octanol–water partition coefficient (Wildman–Crippen LogP) is 3.88. The average molecular weight is 259 g/mol. The minimum absolute atomic E-state index is 0.809. The van der Waals surface area contributed by atoms with Gasteiger partial charge < -0.3 is 14.5 Å². The SMILES string of the molecule is CCc1c(C)[nH]c(C)c1-c1ccc(OC)cc1OC. The van der Waals surface area contributed by atoms with Crippen LogP contribution in [0, 0.1) is 13.8 Å². The highest BCUT2D eigenvalue weighted by molar-refractivity contribution is 5.77. The molecule has 0 fully saturated rings.